The average molecular weight is 346 g/mol. The smallest absolute Gasteiger partial charge is 0.325 e. The van der Waals surface area contributed by atoms with Gasteiger partial charge in [-0.25, -0.2) is 4.79 Å². The van der Waals surface area contributed by atoms with Gasteiger partial charge < -0.3 is 15.5 Å². The van der Waals surface area contributed by atoms with E-state index in [0.717, 1.165) is 10.5 Å². The summed E-state index contributed by atoms with van der Waals surface area (Å²) in [6, 6.07) is 6.66. The summed E-state index contributed by atoms with van der Waals surface area (Å²) in [6.07, 6.45) is 0. The van der Waals surface area contributed by atoms with Crippen molar-refractivity contribution in [1.29, 1.82) is 0 Å². The maximum atomic E-state index is 12.2. The lowest BCUT2D eigenvalue weighted by Crippen LogP contribution is -2.45. The van der Waals surface area contributed by atoms with E-state index in [0.29, 0.717) is 5.69 Å². The first-order chi connectivity index (χ1) is 11.6. The van der Waals surface area contributed by atoms with Crippen LogP contribution >= 0.6 is 0 Å². The lowest BCUT2D eigenvalue weighted by Gasteiger charge is -2.20. The first-order valence-electron chi connectivity index (χ1n) is 7.85. The van der Waals surface area contributed by atoms with Crippen molar-refractivity contribution in [2.75, 3.05) is 25.5 Å². The van der Waals surface area contributed by atoms with Gasteiger partial charge in [0.15, 0.2) is 0 Å². The molecule has 0 aromatic heterocycles. The van der Waals surface area contributed by atoms with Crippen molar-refractivity contribution in [3.8, 4) is 0 Å². The number of anilines is 1. The van der Waals surface area contributed by atoms with E-state index in [9.17, 15) is 19.2 Å². The number of rotatable bonds is 5. The second-order valence-electron chi connectivity index (χ2n) is 6.61. The van der Waals surface area contributed by atoms with Gasteiger partial charge in [-0.05, 0) is 32.9 Å². The largest absolute Gasteiger partial charge is 0.335 e. The van der Waals surface area contributed by atoms with Gasteiger partial charge in [-0.1, -0.05) is 17.7 Å². The van der Waals surface area contributed by atoms with Crippen LogP contribution in [-0.2, 0) is 14.4 Å². The van der Waals surface area contributed by atoms with Crippen LogP contribution in [0.25, 0.3) is 0 Å². The van der Waals surface area contributed by atoms with E-state index in [2.05, 4.69) is 10.6 Å². The lowest BCUT2D eigenvalue weighted by atomic mass is 10.1. The molecule has 2 N–H and O–H groups in total. The zero-order valence-corrected chi connectivity index (χ0v) is 14.8. The number of urea groups is 1. The van der Waals surface area contributed by atoms with Crippen molar-refractivity contribution in [3.05, 3.63) is 29.8 Å². The molecule has 0 radical (unpaired) electrons. The Morgan fingerprint density at radius 1 is 1.20 bits per heavy atom. The number of carbonyl (C=O) groups excluding carboxylic acids is 4. The molecule has 0 saturated carbocycles. The summed E-state index contributed by atoms with van der Waals surface area (Å²) in [5.41, 5.74) is 0.674. The van der Waals surface area contributed by atoms with Crippen LogP contribution in [0.5, 0.6) is 0 Å². The van der Waals surface area contributed by atoms with Gasteiger partial charge in [0.05, 0.1) is 6.54 Å². The second kappa shape index (κ2) is 6.92. The molecule has 8 heteroatoms. The third kappa shape index (κ3) is 4.34. The Morgan fingerprint density at radius 2 is 1.80 bits per heavy atom. The molecule has 2 rings (SSSR count). The van der Waals surface area contributed by atoms with E-state index in [-0.39, 0.29) is 12.5 Å². The summed E-state index contributed by atoms with van der Waals surface area (Å²) in [5, 5.41) is 5.19. The van der Waals surface area contributed by atoms with Gasteiger partial charge in [-0.15, -0.1) is 0 Å². The molecule has 1 heterocycles. The van der Waals surface area contributed by atoms with Crippen LogP contribution in [0.2, 0.25) is 0 Å². The van der Waals surface area contributed by atoms with E-state index in [1.807, 2.05) is 19.1 Å². The van der Waals surface area contributed by atoms with E-state index in [4.69, 9.17) is 0 Å². The van der Waals surface area contributed by atoms with E-state index in [1.54, 1.807) is 26.0 Å². The molecule has 1 aromatic carbocycles. The van der Waals surface area contributed by atoms with E-state index < -0.39 is 29.9 Å². The van der Waals surface area contributed by atoms with Crippen molar-refractivity contribution < 1.29 is 19.2 Å². The average Bonchev–Trinajstić information content (AvgIpc) is 2.71. The predicted octanol–water partition coefficient (Wildman–Crippen LogP) is 0.722. The molecule has 0 unspecified atom stereocenters. The van der Waals surface area contributed by atoms with Gasteiger partial charge in [0, 0.05) is 12.7 Å². The highest BCUT2D eigenvalue weighted by Crippen LogP contribution is 2.16. The highest BCUT2D eigenvalue weighted by Gasteiger charge is 2.45. The van der Waals surface area contributed by atoms with Gasteiger partial charge in [0.25, 0.3) is 5.91 Å². The fraction of sp³-hybridized carbons (Fsp3) is 0.412. The van der Waals surface area contributed by atoms with E-state index in [1.165, 1.54) is 11.9 Å². The number of hydrogen-bond acceptors (Lipinski definition) is 4. The van der Waals surface area contributed by atoms with Gasteiger partial charge in [0.1, 0.15) is 12.1 Å². The van der Waals surface area contributed by atoms with Crippen LogP contribution in [0, 0.1) is 6.92 Å². The molecular weight excluding hydrogens is 324 g/mol. The predicted molar refractivity (Wildman–Crippen MR) is 91.8 cm³/mol. The van der Waals surface area contributed by atoms with Crippen LogP contribution in [0.1, 0.15) is 19.4 Å². The van der Waals surface area contributed by atoms with Crippen LogP contribution < -0.4 is 10.6 Å². The number of nitrogens with zero attached hydrogens (tertiary/aromatic N) is 2. The fourth-order valence-electron chi connectivity index (χ4n) is 2.36. The topological polar surface area (TPSA) is 98.8 Å². The fourth-order valence-corrected chi connectivity index (χ4v) is 2.36. The highest BCUT2D eigenvalue weighted by atomic mass is 16.2. The zero-order valence-electron chi connectivity index (χ0n) is 14.8. The summed E-state index contributed by atoms with van der Waals surface area (Å²) < 4.78 is 0. The minimum absolute atomic E-state index is 0.181. The number of aryl methyl sites for hydroxylation is 1. The number of imide groups is 1. The number of nitrogens with one attached hydrogen (secondary N) is 2. The first kappa shape index (κ1) is 18.4. The highest BCUT2D eigenvalue weighted by molar-refractivity contribution is 6.08. The van der Waals surface area contributed by atoms with Gasteiger partial charge in [-0.2, -0.15) is 0 Å². The monoisotopic (exact) mass is 346 g/mol. The molecule has 25 heavy (non-hydrogen) atoms. The standard InChI is InChI=1S/C17H22N4O4/c1-11-5-7-12(8-6-11)18-13(22)9-20(4)14(23)10-21-15(24)17(2,3)19-16(21)25/h5-8H,9-10H2,1-4H3,(H,18,22)(H,19,25). The Labute approximate surface area is 146 Å². The van der Waals surface area contributed by atoms with Crippen molar-refractivity contribution in [2.45, 2.75) is 26.3 Å². The van der Waals surface area contributed by atoms with Gasteiger partial charge >= 0.3 is 6.03 Å². The molecule has 5 amide bonds. The summed E-state index contributed by atoms with van der Waals surface area (Å²) >= 11 is 0. The maximum absolute atomic E-state index is 12.2. The molecule has 0 bridgehead atoms. The maximum Gasteiger partial charge on any atom is 0.325 e. The molecule has 1 saturated heterocycles. The Morgan fingerprint density at radius 3 is 2.32 bits per heavy atom. The molecule has 8 nitrogen and oxygen atoms in total. The Hall–Kier alpha value is -2.90. The van der Waals surface area contributed by atoms with Crippen LogP contribution in [-0.4, -0.2) is 59.2 Å². The number of carbonyl (C=O) groups is 4. The van der Waals surface area contributed by atoms with Crippen LogP contribution in [0.4, 0.5) is 10.5 Å². The zero-order chi connectivity index (χ0) is 18.8. The first-order valence-corrected chi connectivity index (χ1v) is 7.85. The molecule has 0 atom stereocenters. The summed E-state index contributed by atoms with van der Waals surface area (Å²) in [4.78, 5) is 50.1. The summed E-state index contributed by atoms with van der Waals surface area (Å²) in [6.45, 7) is 4.49. The minimum atomic E-state index is -1.03. The molecule has 1 fully saturated rings. The molecule has 134 valence electrons. The Balaban J connectivity index is 1.89. The van der Waals surface area contributed by atoms with Crippen molar-refractivity contribution >= 4 is 29.4 Å². The molecule has 0 aliphatic carbocycles. The normalized spacial score (nSPS) is 15.8. The lowest BCUT2D eigenvalue weighted by molar-refractivity contribution is -0.138. The SMILES string of the molecule is Cc1ccc(NC(=O)CN(C)C(=O)CN2C(=O)NC(C)(C)C2=O)cc1. The molecular formula is C17H22N4O4. The van der Waals surface area contributed by atoms with Gasteiger partial charge in [0.2, 0.25) is 11.8 Å². The second-order valence-corrected chi connectivity index (χ2v) is 6.61. The number of amides is 5. The third-order valence-corrected chi connectivity index (χ3v) is 3.88. The van der Waals surface area contributed by atoms with E-state index >= 15 is 0 Å². The van der Waals surface area contributed by atoms with Crippen molar-refractivity contribution in [1.82, 2.24) is 15.1 Å². The number of benzene rings is 1. The van der Waals surface area contributed by atoms with Crippen molar-refractivity contribution in [3.63, 3.8) is 0 Å². The van der Waals surface area contributed by atoms with Crippen LogP contribution in [0.15, 0.2) is 24.3 Å². The van der Waals surface area contributed by atoms with Gasteiger partial charge in [-0.3, -0.25) is 19.3 Å². The number of likely N-dealkylation sites (N-methyl/N-ethyl adjacent to an activating group) is 1. The Kier molecular flexibility index (Phi) is 5.10. The summed E-state index contributed by atoms with van der Waals surface area (Å²) in [5.74, 6) is -1.33. The molecule has 1 aromatic rings. The quantitative estimate of drug-likeness (QED) is 0.768. The Bertz CT molecular complexity index is 712. The minimum Gasteiger partial charge on any atom is -0.335 e. The third-order valence-electron chi connectivity index (χ3n) is 3.88. The molecule has 0 spiro atoms. The molecule has 1 aliphatic heterocycles. The van der Waals surface area contributed by atoms with Crippen LogP contribution in [0.3, 0.4) is 0 Å². The summed E-state index contributed by atoms with van der Waals surface area (Å²) in [7, 11) is 1.45. The molecule has 1 aliphatic rings. The van der Waals surface area contributed by atoms with Crippen molar-refractivity contribution in [2.24, 2.45) is 0 Å². The number of hydrogen-bond donors (Lipinski definition) is 2.